The minimum atomic E-state index is -3.60. The number of carbonyl (C=O) groups excluding carboxylic acids is 2. The molecular weight excluding hydrogens is 561 g/mol. The van der Waals surface area contributed by atoms with Gasteiger partial charge in [0.05, 0.1) is 18.6 Å². The van der Waals surface area contributed by atoms with Gasteiger partial charge in [0.25, 0.3) is 0 Å². The predicted molar refractivity (Wildman–Crippen MR) is 158 cm³/mol. The van der Waals surface area contributed by atoms with Crippen LogP contribution in [0.2, 0.25) is 10.0 Å². The summed E-state index contributed by atoms with van der Waals surface area (Å²) in [5.74, 6) is 0.339. The first-order valence-corrected chi connectivity index (χ1v) is 15.7. The molecule has 2 rings (SSSR count). The fourth-order valence-electron chi connectivity index (χ4n) is 4.07. The van der Waals surface area contributed by atoms with Gasteiger partial charge in [-0.15, -0.1) is 0 Å². The lowest BCUT2D eigenvalue weighted by atomic mass is 10.1. The van der Waals surface area contributed by atoms with Crippen LogP contribution in [0, 0.1) is 5.92 Å². The van der Waals surface area contributed by atoms with Crippen molar-refractivity contribution in [3.05, 3.63) is 58.1 Å². The summed E-state index contributed by atoms with van der Waals surface area (Å²) in [4.78, 5) is 28.2. The standard InChI is InChI=1S/C28H39Cl2N3O5S/c1-6-26(28(35)31-18-20(3)4)32(19-23-24(29)10-8-11-25(23)30)27(34)12-9-17-33(39(5,36)37)21-13-15-22(16-14-21)38-7-2/h8,10-11,13-16,20,26H,6-7,9,12,17-19H2,1-5H3,(H,31,35)/t26-/m0/s1. The molecule has 2 aromatic carbocycles. The van der Waals surface area contributed by atoms with Crippen LogP contribution in [-0.2, 0) is 26.2 Å². The Morgan fingerprint density at radius 2 is 1.64 bits per heavy atom. The second-order valence-electron chi connectivity index (χ2n) is 9.65. The van der Waals surface area contributed by atoms with Gasteiger partial charge in [-0.05, 0) is 62.1 Å². The first-order chi connectivity index (χ1) is 18.4. The molecule has 8 nitrogen and oxygen atoms in total. The normalized spacial score (nSPS) is 12.2. The Labute approximate surface area is 242 Å². The number of benzene rings is 2. The monoisotopic (exact) mass is 599 g/mol. The van der Waals surface area contributed by atoms with E-state index >= 15 is 0 Å². The van der Waals surface area contributed by atoms with Gasteiger partial charge in [0.15, 0.2) is 0 Å². The fourth-order valence-corrected chi connectivity index (χ4v) is 5.56. The molecule has 0 aliphatic carbocycles. The number of hydrogen-bond acceptors (Lipinski definition) is 5. The molecule has 2 amide bonds. The molecule has 11 heteroatoms. The Morgan fingerprint density at radius 3 is 2.15 bits per heavy atom. The summed E-state index contributed by atoms with van der Waals surface area (Å²) < 4.78 is 31.8. The second-order valence-corrected chi connectivity index (χ2v) is 12.4. The molecule has 0 aromatic heterocycles. The molecule has 0 heterocycles. The van der Waals surface area contributed by atoms with Gasteiger partial charge in [0.2, 0.25) is 21.8 Å². The Hall–Kier alpha value is -2.49. The number of sulfonamides is 1. The molecule has 0 aliphatic rings. The summed E-state index contributed by atoms with van der Waals surface area (Å²) in [7, 11) is -3.60. The predicted octanol–water partition coefficient (Wildman–Crippen LogP) is 5.52. The number of anilines is 1. The molecule has 0 saturated carbocycles. The zero-order chi connectivity index (χ0) is 29.2. The molecule has 39 heavy (non-hydrogen) atoms. The Bertz CT molecular complexity index is 1190. The maximum absolute atomic E-state index is 13.6. The molecule has 0 radical (unpaired) electrons. The van der Waals surface area contributed by atoms with Gasteiger partial charge in [-0.25, -0.2) is 8.42 Å². The SMILES string of the molecule is CCOc1ccc(N(CCCC(=O)N(Cc2c(Cl)cccc2Cl)[C@@H](CC)C(=O)NCC(C)C)S(C)(=O)=O)cc1. The zero-order valence-corrected chi connectivity index (χ0v) is 25.6. The van der Waals surface area contributed by atoms with E-state index < -0.39 is 16.1 Å². The van der Waals surface area contributed by atoms with E-state index in [9.17, 15) is 18.0 Å². The molecular formula is C28H39Cl2N3O5S. The maximum atomic E-state index is 13.6. The molecule has 1 N–H and O–H groups in total. The third-order valence-electron chi connectivity index (χ3n) is 6.05. The molecule has 0 bridgehead atoms. The fraction of sp³-hybridized carbons (Fsp3) is 0.500. The van der Waals surface area contributed by atoms with Crippen molar-refractivity contribution < 1.29 is 22.7 Å². The molecule has 0 aliphatic heterocycles. The van der Waals surface area contributed by atoms with Crippen molar-refractivity contribution in [2.45, 2.75) is 59.5 Å². The maximum Gasteiger partial charge on any atom is 0.242 e. The van der Waals surface area contributed by atoms with Crippen molar-refractivity contribution in [2.24, 2.45) is 5.92 Å². The lowest BCUT2D eigenvalue weighted by Crippen LogP contribution is -2.49. The number of halogens is 2. The van der Waals surface area contributed by atoms with E-state index in [1.54, 1.807) is 42.5 Å². The first-order valence-electron chi connectivity index (χ1n) is 13.1. The number of hydrogen-bond donors (Lipinski definition) is 1. The largest absolute Gasteiger partial charge is 0.494 e. The Balaban J connectivity index is 2.25. The zero-order valence-electron chi connectivity index (χ0n) is 23.2. The minimum Gasteiger partial charge on any atom is -0.494 e. The molecule has 0 spiro atoms. The average Bonchev–Trinajstić information content (AvgIpc) is 2.87. The van der Waals surface area contributed by atoms with Gasteiger partial charge >= 0.3 is 0 Å². The second kappa shape index (κ2) is 15.3. The summed E-state index contributed by atoms with van der Waals surface area (Å²) in [5, 5.41) is 3.72. The third kappa shape index (κ3) is 9.89. The lowest BCUT2D eigenvalue weighted by Gasteiger charge is -2.32. The average molecular weight is 601 g/mol. The molecule has 1 atom stereocenters. The van der Waals surface area contributed by atoms with E-state index in [1.807, 2.05) is 27.7 Å². The van der Waals surface area contributed by atoms with Crippen LogP contribution in [0.1, 0.15) is 52.5 Å². The lowest BCUT2D eigenvalue weighted by molar-refractivity contribution is -0.141. The van der Waals surface area contributed by atoms with Crippen molar-refractivity contribution in [1.29, 1.82) is 0 Å². The quantitative estimate of drug-likeness (QED) is 0.291. The van der Waals surface area contributed by atoms with Crippen LogP contribution in [0.5, 0.6) is 5.75 Å². The summed E-state index contributed by atoms with van der Waals surface area (Å²) >= 11 is 12.8. The van der Waals surface area contributed by atoms with Crippen molar-refractivity contribution >= 4 is 50.7 Å². The minimum absolute atomic E-state index is 0.0269. The highest BCUT2D eigenvalue weighted by atomic mass is 35.5. The smallest absolute Gasteiger partial charge is 0.242 e. The van der Waals surface area contributed by atoms with Gasteiger partial charge in [-0.1, -0.05) is 50.0 Å². The van der Waals surface area contributed by atoms with E-state index in [0.717, 1.165) is 6.26 Å². The first kappa shape index (κ1) is 32.7. The van der Waals surface area contributed by atoms with Crippen LogP contribution in [0.4, 0.5) is 5.69 Å². The summed E-state index contributed by atoms with van der Waals surface area (Å²) in [6, 6.07) is 11.1. The van der Waals surface area contributed by atoms with E-state index in [2.05, 4.69) is 5.32 Å². The summed E-state index contributed by atoms with van der Waals surface area (Å²) in [5.41, 5.74) is 1.03. The Kier molecular flexibility index (Phi) is 12.9. The van der Waals surface area contributed by atoms with E-state index in [0.29, 0.717) is 46.6 Å². The molecule has 0 unspecified atom stereocenters. The Morgan fingerprint density at radius 1 is 1.03 bits per heavy atom. The van der Waals surface area contributed by atoms with Crippen molar-refractivity contribution in [3.8, 4) is 5.75 Å². The van der Waals surface area contributed by atoms with Gasteiger partial charge in [-0.3, -0.25) is 13.9 Å². The van der Waals surface area contributed by atoms with Gasteiger partial charge < -0.3 is 15.0 Å². The highest BCUT2D eigenvalue weighted by Gasteiger charge is 2.30. The highest BCUT2D eigenvalue weighted by Crippen LogP contribution is 2.28. The van der Waals surface area contributed by atoms with Gasteiger partial charge in [-0.2, -0.15) is 0 Å². The third-order valence-corrected chi connectivity index (χ3v) is 7.95. The van der Waals surface area contributed by atoms with Crippen LogP contribution in [-0.4, -0.2) is 57.1 Å². The van der Waals surface area contributed by atoms with Crippen LogP contribution in [0.3, 0.4) is 0 Å². The summed E-state index contributed by atoms with van der Waals surface area (Å²) in [6.45, 7) is 8.82. The number of amides is 2. The van der Waals surface area contributed by atoms with Crippen LogP contribution >= 0.6 is 23.2 Å². The van der Waals surface area contributed by atoms with E-state index in [-0.39, 0.29) is 43.7 Å². The molecule has 0 fully saturated rings. The summed E-state index contributed by atoms with van der Waals surface area (Å²) in [6.07, 6.45) is 1.79. The molecule has 2 aromatic rings. The molecule has 216 valence electrons. The van der Waals surface area contributed by atoms with Crippen LogP contribution < -0.4 is 14.4 Å². The number of rotatable bonds is 15. The number of carbonyl (C=O) groups is 2. The van der Waals surface area contributed by atoms with Crippen molar-refractivity contribution in [1.82, 2.24) is 10.2 Å². The number of nitrogens with zero attached hydrogens (tertiary/aromatic N) is 2. The van der Waals surface area contributed by atoms with Gasteiger partial charge in [0.1, 0.15) is 11.8 Å². The number of nitrogens with one attached hydrogen (secondary N) is 1. The van der Waals surface area contributed by atoms with Crippen molar-refractivity contribution in [2.75, 3.05) is 30.3 Å². The topological polar surface area (TPSA) is 96.0 Å². The molecule has 0 saturated heterocycles. The van der Waals surface area contributed by atoms with E-state index in [4.69, 9.17) is 27.9 Å². The highest BCUT2D eigenvalue weighted by molar-refractivity contribution is 7.92. The van der Waals surface area contributed by atoms with Crippen molar-refractivity contribution in [3.63, 3.8) is 0 Å². The number of ether oxygens (including phenoxy) is 1. The van der Waals surface area contributed by atoms with Crippen LogP contribution in [0.15, 0.2) is 42.5 Å². The van der Waals surface area contributed by atoms with Crippen LogP contribution in [0.25, 0.3) is 0 Å². The van der Waals surface area contributed by atoms with E-state index in [1.165, 1.54) is 9.21 Å². The van der Waals surface area contributed by atoms with Gasteiger partial charge in [0, 0.05) is 41.7 Å².